The molecule has 2 aromatic rings. The van der Waals surface area contributed by atoms with Crippen molar-refractivity contribution in [3.05, 3.63) is 41.2 Å². The summed E-state index contributed by atoms with van der Waals surface area (Å²) in [5.41, 5.74) is 2.11. The molecule has 0 saturated carbocycles. The van der Waals surface area contributed by atoms with Crippen LogP contribution in [0.1, 0.15) is 67.8 Å². The fourth-order valence-corrected chi connectivity index (χ4v) is 4.17. The molecule has 7 nitrogen and oxygen atoms in total. The number of nitrogens with one attached hydrogen (secondary N) is 2. The Morgan fingerprint density at radius 3 is 2.66 bits per heavy atom. The summed E-state index contributed by atoms with van der Waals surface area (Å²) in [6.45, 7) is 12.7. The van der Waals surface area contributed by atoms with Crippen LogP contribution >= 0.6 is 0 Å². The Morgan fingerprint density at radius 1 is 1.24 bits per heavy atom. The first-order chi connectivity index (χ1) is 14.1. The second kappa shape index (κ2) is 10.5. The Balaban J connectivity index is 1.65. The number of aryl methyl sites for hydroxylation is 2. The molecule has 7 heteroatoms. The van der Waals surface area contributed by atoms with Crippen molar-refractivity contribution >= 4 is 5.96 Å². The van der Waals surface area contributed by atoms with Gasteiger partial charge in [-0.15, -0.1) is 0 Å². The highest BCUT2D eigenvalue weighted by atomic mass is 16.5. The lowest BCUT2D eigenvalue weighted by Gasteiger charge is -2.33. The molecule has 1 saturated heterocycles. The molecule has 2 N–H and O–H groups in total. The van der Waals surface area contributed by atoms with Gasteiger partial charge in [0.25, 0.3) is 0 Å². The Morgan fingerprint density at radius 2 is 2.03 bits per heavy atom. The standard InChI is InChI=1S/C22H35N5O2/c1-5-23-22(24-14-16(2)21-17(3)26-29-18(21)4)25-15-19(20-10-9-13-28-20)27-11-7-6-8-12-27/h9-10,13,16,19H,5-8,11-12,14-15H2,1-4H3,(H2,23,24,25). The van der Waals surface area contributed by atoms with Crippen LogP contribution in [0.2, 0.25) is 0 Å². The molecular weight excluding hydrogens is 366 g/mol. The van der Waals surface area contributed by atoms with E-state index in [1.54, 1.807) is 6.26 Å². The Bertz CT molecular complexity index is 743. The zero-order valence-electron chi connectivity index (χ0n) is 18.2. The monoisotopic (exact) mass is 401 g/mol. The summed E-state index contributed by atoms with van der Waals surface area (Å²) in [6, 6.07) is 4.26. The topological polar surface area (TPSA) is 78.8 Å². The fourth-order valence-electron chi connectivity index (χ4n) is 4.17. The molecule has 2 unspecified atom stereocenters. The molecule has 2 atom stereocenters. The van der Waals surface area contributed by atoms with Gasteiger partial charge in [-0.3, -0.25) is 9.89 Å². The van der Waals surface area contributed by atoms with Crippen LogP contribution in [0.4, 0.5) is 0 Å². The predicted octanol–water partition coefficient (Wildman–Crippen LogP) is 3.77. The first kappa shape index (κ1) is 21.4. The van der Waals surface area contributed by atoms with Gasteiger partial charge in [0.15, 0.2) is 5.96 Å². The van der Waals surface area contributed by atoms with Gasteiger partial charge >= 0.3 is 0 Å². The van der Waals surface area contributed by atoms with Crippen molar-refractivity contribution in [1.82, 2.24) is 20.7 Å². The minimum absolute atomic E-state index is 0.217. The molecule has 0 aliphatic carbocycles. The zero-order valence-corrected chi connectivity index (χ0v) is 18.2. The Hall–Kier alpha value is -2.28. The van der Waals surface area contributed by atoms with Crippen molar-refractivity contribution in [2.24, 2.45) is 4.99 Å². The number of rotatable bonds is 8. The minimum Gasteiger partial charge on any atom is -0.468 e. The van der Waals surface area contributed by atoms with Crippen LogP contribution in [0, 0.1) is 13.8 Å². The minimum atomic E-state index is 0.217. The predicted molar refractivity (Wildman–Crippen MR) is 115 cm³/mol. The number of guanidine groups is 1. The lowest BCUT2D eigenvalue weighted by Crippen LogP contribution is -2.44. The number of piperidine rings is 1. The maximum absolute atomic E-state index is 5.76. The van der Waals surface area contributed by atoms with Gasteiger partial charge in [0.2, 0.25) is 0 Å². The molecule has 1 aliphatic rings. The molecule has 1 fully saturated rings. The van der Waals surface area contributed by atoms with E-state index in [4.69, 9.17) is 13.9 Å². The van der Waals surface area contributed by atoms with Crippen LogP contribution in [0.5, 0.6) is 0 Å². The summed E-state index contributed by atoms with van der Waals surface area (Å²) in [5, 5.41) is 11.0. The van der Waals surface area contributed by atoms with E-state index in [-0.39, 0.29) is 12.0 Å². The molecule has 0 amide bonds. The third kappa shape index (κ3) is 5.63. The Kier molecular flexibility index (Phi) is 7.75. The lowest BCUT2D eigenvalue weighted by atomic mass is 10.00. The third-order valence-electron chi connectivity index (χ3n) is 5.61. The van der Waals surface area contributed by atoms with Gasteiger partial charge in [-0.2, -0.15) is 0 Å². The normalized spacial score (nSPS) is 17.9. The van der Waals surface area contributed by atoms with Crippen LogP contribution in [0.25, 0.3) is 0 Å². The van der Waals surface area contributed by atoms with E-state index in [0.717, 1.165) is 54.9 Å². The van der Waals surface area contributed by atoms with Gasteiger partial charge in [0.05, 0.1) is 18.0 Å². The van der Waals surface area contributed by atoms with E-state index in [0.29, 0.717) is 6.54 Å². The van der Waals surface area contributed by atoms with Gasteiger partial charge in [-0.1, -0.05) is 18.5 Å². The smallest absolute Gasteiger partial charge is 0.191 e. The summed E-state index contributed by atoms with van der Waals surface area (Å²) in [5.74, 6) is 2.98. The molecular formula is C22H35N5O2. The molecule has 3 heterocycles. The number of likely N-dealkylation sites (tertiary alicyclic amines) is 1. The maximum atomic E-state index is 5.76. The molecule has 160 valence electrons. The van der Waals surface area contributed by atoms with E-state index in [1.807, 2.05) is 19.9 Å². The molecule has 0 radical (unpaired) electrons. The van der Waals surface area contributed by atoms with Crippen molar-refractivity contribution < 1.29 is 8.94 Å². The largest absolute Gasteiger partial charge is 0.468 e. The molecule has 0 spiro atoms. The van der Waals surface area contributed by atoms with Gasteiger partial charge in [0, 0.05) is 31.1 Å². The summed E-state index contributed by atoms with van der Waals surface area (Å²) in [4.78, 5) is 7.35. The zero-order chi connectivity index (χ0) is 20.6. The second-order valence-corrected chi connectivity index (χ2v) is 7.87. The van der Waals surface area contributed by atoms with Crippen LogP contribution in [0.3, 0.4) is 0 Å². The average Bonchev–Trinajstić information content (AvgIpc) is 3.37. The highest BCUT2D eigenvalue weighted by Crippen LogP contribution is 2.25. The summed E-state index contributed by atoms with van der Waals surface area (Å²) < 4.78 is 11.1. The lowest BCUT2D eigenvalue weighted by molar-refractivity contribution is 0.146. The van der Waals surface area contributed by atoms with Crippen molar-refractivity contribution in [3.8, 4) is 0 Å². The van der Waals surface area contributed by atoms with Crippen LogP contribution in [-0.2, 0) is 0 Å². The van der Waals surface area contributed by atoms with Gasteiger partial charge in [-0.25, -0.2) is 0 Å². The SMILES string of the molecule is CCNC(=NCC(C)c1c(C)noc1C)NCC(c1ccco1)N1CCCCC1. The Labute approximate surface area is 173 Å². The van der Waals surface area contributed by atoms with Crippen LogP contribution in [-0.4, -0.2) is 48.7 Å². The average molecular weight is 402 g/mol. The molecule has 3 rings (SSSR count). The summed E-state index contributed by atoms with van der Waals surface area (Å²) in [6.07, 6.45) is 5.58. The second-order valence-electron chi connectivity index (χ2n) is 7.87. The molecule has 29 heavy (non-hydrogen) atoms. The molecule has 1 aliphatic heterocycles. The molecule has 0 bridgehead atoms. The number of furan rings is 1. The third-order valence-corrected chi connectivity index (χ3v) is 5.61. The van der Waals surface area contributed by atoms with Gasteiger partial charge in [-0.05, 0) is 58.8 Å². The number of nitrogens with zero attached hydrogens (tertiary/aromatic N) is 3. The van der Waals surface area contributed by atoms with Crippen molar-refractivity contribution in [2.75, 3.05) is 32.7 Å². The van der Waals surface area contributed by atoms with E-state index in [9.17, 15) is 0 Å². The first-order valence-electron chi connectivity index (χ1n) is 10.8. The van der Waals surface area contributed by atoms with E-state index < -0.39 is 0 Å². The number of hydrogen-bond donors (Lipinski definition) is 2. The van der Waals surface area contributed by atoms with E-state index in [2.05, 4.69) is 40.6 Å². The summed E-state index contributed by atoms with van der Waals surface area (Å²) in [7, 11) is 0. The highest BCUT2D eigenvalue weighted by Gasteiger charge is 2.24. The van der Waals surface area contributed by atoms with Crippen LogP contribution in [0.15, 0.2) is 32.3 Å². The summed E-state index contributed by atoms with van der Waals surface area (Å²) >= 11 is 0. The van der Waals surface area contributed by atoms with Crippen molar-refractivity contribution in [1.29, 1.82) is 0 Å². The maximum Gasteiger partial charge on any atom is 0.191 e. The van der Waals surface area contributed by atoms with Crippen molar-refractivity contribution in [2.45, 2.75) is 58.9 Å². The van der Waals surface area contributed by atoms with Gasteiger partial charge in [0.1, 0.15) is 11.5 Å². The fraction of sp³-hybridized carbons (Fsp3) is 0.636. The van der Waals surface area contributed by atoms with E-state index >= 15 is 0 Å². The number of aromatic nitrogens is 1. The molecule has 0 aromatic carbocycles. The van der Waals surface area contributed by atoms with Gasteiger partial charge < -0.3 is 19.6 Å². The van der Waals surface area contributed by atoms with Crippen molar-refractivity contribution in [3.63, 3.8) is 0 Å². The van der Waals surface area contributed by atoms with E-state index in [1.165, 1.54) is 19.3 Å². The first-order valence-corrected chi connectivity index (χ1v) is 10.8. The quantitative estimate of drug-likeness (QED) is 0.518. The highest BCUT2D eigenvalue weighted by molar-refractivity contribution is 5.79. The number of aliphatic imine (C=N–C) groups is 1. The molecule has 2 aromatic heterocycles. The van der Waals surface area contributed by atoms with Crippen LogP contribution < -0.4 is 10.6 Å². The number of hydrogen-bond acceptors (Lipinski definition) is 5.